The Hall–Kier alpha value is -4.14. The quantitative estimate of drug-likeness (QED) is 0.143. The summed E-state index contributed by atoms with van der Waals surface area (Å²) in [7, 11) is 0. The molecule has 4 nitrogen and oxygen atoms in total. The minimum atomic E-state index is -2.23. The van der Waals surface area contributed by atoms with Gasteiger partial charge in [-0.3, -0.25) is 0 Å². The van der Waals surface area contributed by atoms with Crippen LogP contribution in [0.15, 0.2) is 128 Å². The van der Waals surface area contributed by atoms with E-state index in [4.69, 9.17) is 4.98 Å². The van der Waals surface area contributed by atoms with Crippen molar-refractivity contribution in [3.8, 4) is 0 Å². The number of pyridine rings is 3. The summed E-state index contributed by atoms with van der Waals surface area (Å²) in [5.74, 6) is 0. The van der Waals surface area contributed by atoms with E-state index in [0.717, 1.165) is 38.5 Å². The van der Waals surface area contributed by atoms with Gasteiger partial charge in [-0.1, -0.05) is 0 Å². The molecule has 1 atom stereocenters. The predicted octanol–water partition coefficient (Wildman–Crippen LogP) is 6.11. The zero-order chi connectivity index (χ0) is 26.0. The zero-order valence-electron chi connectivity index (χ0n) is 20.8. The second-order valence-corrected chi connectivity index (χ2v) is 15.9. The third kappa shape index (κ3) is 3.31. The van der Waals surface area contributed by atoms with Gasteiger partial charge in [0.05, 0.1) is 0 Å². The van der Waals surface area contributed by atoms with Gasteiger partial charge in [-0.05, 0) is 0 Å². The van der Waals surface area contributed by atoms with E-state index in [-0.39, 0.29) is 0 Å². The Morgan fingerprint density at radius 3 is 2.26 bits per heavy atom. The first-order chi connectivity index (χ1) is 19.2. The fraction of sp³-hybridized carbons (Fsp3) is 0. The van der Waals surface area contributed by atoms with Crippen LogP contribution in [0.2, 0.25) is 0 Å². The Labute approximate surface area is 232 Å². The molecule has 0 aliphatic rings. The number of fused-ring (bicyclic) bond motifs is 9. The molecule has 0 N–H and O–H groups in total. The van der Waals surface area contributed by atoms with Crippen LogP contribution in [0.4, 0.5) is 0 Å². The van der Waals surface area contributed by atoms with Gasteiger partial charge in [0.25, 0.3) is 0 Å². The first kappa shape index (κ1) is 22.8. The van der Waals surface area contributed by atoms with Crippen molar-refractivity contribution in [2.75, 3.05) is 0 Å². The normalized spacial score (nSPS) is 13.4. The summed E-state index contributed by atoms with van der Waals surface area (Å²) in [6.07, 6.45) is 5.62. The van der Waals surface area contributed by atoms with Crippen molar-refractivity contribution in [2.24, 2.45) is 0 Å². The molecule has 0 bridgehead atoms. The van der Waals surface area contributed by atoms with Gasteiger partial charge in [-0.2, -0.15) is 0 Å². The van der Waals surface area contributed by atoms with Crippen molar-refractivity contribution in [3.63, 3.8) is 0 Å². The van der Waals surface area contributed by atoms with E-state index in [0.29, 0.717) is 0 Å². The molecule has 0 fully saturated rings. The fourth-order valence-corrected chi connectivity index (χ4v) is 11.0. The van der Waals surface area contributed by atoms with Gasteiger partial charge < -0.3 is 0 Å². The maximum absolute atomic E-state index is 5.41. The molecule has 0 spiro atoms. The molecule has 8 aromatic rings. The van der Waals surface area contributed by atoms with E-state index < -0.39 is 5.51 Å². The van der Waals surface area contributed by atoms with Gasteiger partial charge in [0.2, 0.25) is 0 Å². The molecule has 8 rings (SSSR count). The van der Waals surface area contributed by atoms with Gasteiger partial charge in [0, 0.05) is 0 Å². The van der Waals surface area contributed by atoms with E-state index in [9.17, 15) is 0 Å². The second kappa shape index (κ2) is 8.69. The molecular weight excluding hydrogens is 562 g/mol. The van der Waals surface area contributed by atoms with Gasteiger partial charge >= 0.3 is 233 Å². The third-order valence-corrected chi connectivity index (χ3v) is 14.5. The van der Waals surface area contributed by atoms with Crippen molar-refractivity contribution in [1.82, 2.24) is 19.4 Å². The summed E-state index contributed by atoms with van der Waals surface area (Å²) < 4.78 is 2.33. The van der Waals surface area contributed by atoms with Crippen molar-refractivity contribution in [1.29, 1.82) is 0 Å². The standard InChI is InChI=1S/C33H21N4PSe/c39-38(23-16-19-34-20-17-23,24-15-14-22-7-6-18-35-28(22)21-24)31-13-5-12-30-32(31)36-33-27-10-2-1-8-25(27)26-9-3-4-11-29(26)37(30)33/h1-21H. The SMILES string of the molecule is [Se]=P(c1ccncc1)(c1ccc2cccnc2c1)c1cccc2c1nc1c3ccccc3c3ccccc3n21. The van der Waals surface area contributed by atoms with Crippen molar-refractivity contribution < 1.29 is 0 Å². The van der Waals surface area contributed by atoms with E-state index >= 15 is 0 Å². The van der Waals surface area contributed by atoms with Gasteiger partial charge in [-0.15, -0.1) is 0 Å². The van der Waals surface area contributed by atoms with Crippen LogP contribution in [0.5, 0.6) is 0 Å². The molecule has 39 heavy (non-hydrogen) atoms. The van der Waals surface area contributed by atoms with Crippen LogP contribution >= 0.6 is 5.51 Å². The monoisotopic (exact) mass is 584 g/mol. The molecule has 0 aliphatic heterocycles. The Balaban J connectivity index is 1.53. The first-order valence-electron chi connectivity index (χ1n) is 12.8. The van der Waals surface area contributed by atoms with Crippen molar-refractivity contribution >= 4 is 85.8 Å². The summed E-state index contributed by atoms with van der Waals surface area (Å²) in [4.78, 5) is 14.4. The van der Waals surface area contributed by atoms with Gasteiger partial charge in [0.1, 0.15) is 0 Å². The summed E-state index contributed by atoms with van der Waals surface area (Å²) >= 11 is 3.72. The zero-order valence-corrected chi connectivity index (χ0v) is 23.4. The van der Waals surface area contributed by atoms with Crippen LogP contribution < -0.4 is 15.9 Å². The Morgan fingerprint density at radius 2 is 1.38 bits per heavy atom. The number of benzene rings is 4. The maximum atomic E-state index is 5.41. The number of hydrogen-bond acceptors (Lipinski definition) is 3. The van der Waals surface area contributed by atoms with Crippen LogP contribution in [0.1, 0.15) is 0 Å². The number of imidazole rings is 1. The van der Waals surface area contributed by atoms with E-state index in [1.807, 2.05) is 24.7 Å². The van der Waals surface area contributed by atoms with Gasteiger partial charge in [-0.25, -0.2) is 0 Å². The number of nitrogens with zero attached hydrogens (tertiary/aromatic N) is 4. The summed E-state index contributed by atoms with van der Waals surface area (Å²) in [5.41, 5.74) is 3.02. The molecule has 0 amide bonds. The second-order valence-electron chi connectivity index (χ2n) is 9.67. The van der Waals surface area contributed by atoms with Crippen LogP contribution in [0, 0.1) is 0 Å². The Kier molecular flexibility index (Phi) is 5.08. The van der Waals surface area contributed by atoms with Gasteiger partial charge in [0.15, 0.2) is 0 Å². The molecule has 0 radical (unpaired) electrons. The fourth-order valence-electron chi connectivity index (χ4n) is 5.80. The van der Waals surface area contributed by atoms with Crippen molar-refractivity contribution in [2.45, 2.75) is 0 Å². The molecule has 4 aromatic heterocycles. The number of aromatic nitrogens is 4. The van der Waals surface area contributed by atoms with Crippen LogP contribution in [-0.2, 0) is 0 Å². The minimum absolute atomic E-state index is 0.980. The topological polar surface area (TPSA) is 43.1 Å². The summed E-state index contributed by atoms with van der Waals surface area (Å²) in [5, 5.41) is 8.37. The molecule has 0 saturated heterocycles. The molecule has 0 aliphatic carbocycles. The Morgan fingerprint density at radius 1 is 0.615 bits per heavy atom. The first-order valence-corrected chi connectivity index (χ1v) is 16.8. The van der Waals surface area contributed by atoms with E-state index in [1.165, 1.54) is 26.7 Å². The van der Waals surface area contributed by atoms with Crippen molar-refractivity contribution in [3.05, 3.63) is 128 Å². The summed E-state index contributed by atoms with van der Waals surface area (Å²) in [6, 6.07) is 38.8. The predicted molar refractivity (Wildman–Crippen MR) is 165 cm³/mol. The molecule has 4 aromatic carbocycles. The number of rotatable bonds is 3. The molecular formula is C33H21N4PSe. The average molecular weight is 583 g/mol. The number of para-hydroxylation sites is 2. The molecule has 184 valence electrons. The van der Waals surface area contributed by atoms with Crippen LogP contribution in [0.3, 0.4) is 0 Å². The molecule has 4 heterocycles. The number of hydrogen-bond donors (Lipinski definition) is 0. The third-order valence-electron chi connectivity index (χ3n) is 7.59. The molecule has 0 saturated carbocycles. The average Bonchev–Trinajstić information content (AvgIpc) is 3.41. The Bertz CT molecular complexity index is 2270. The van der Waals surface area contributed by atoms with E-state index in [1.54, 1.807) is 0 Å². The molecule has 6 heteroatoms. The molecule has 1 unspecified atom stereocenters. The van der Waals surface area contributed by atoms with E-state index in [2.05, 4.69) is 133 Å². The van der Waals surface area contributed by atoms with Crippen LogP contribution in [-0.4, -0.2) is 34.5 Å². The summed E-state index contributed by atoms with van der Waals surface area (Å²) in [6.45, 7) is 0. The van der Waals surface area contributed by atoms with Crippen LogP contribution in [0.25, 0.3) is 49.3 Å².